The van der Waals surface area contributed by atoms with Crippen LogP contribution in [0.2, 0.25) is 0 Å². The molecule has 2 aromatic carbocycles. The fourth-order valence-corrected chi connectivity index (χ4v) is 5.57. The molecule has 0 spiro atoms. The molecule has 0 amide bonds. The molecule has 0 aliphatic heterocycles. The minimum absolute atomic E-state index is 0.0542. The molecular weight excluding hydrogens is 464 g/mol. The van der Waals surface area contributed by atoms with Gasteiger partial charge in [-0.15, -0.1) is 6.42 Å². The normalized spacial score (nSPS) is 16.6. The molecule has 0 saturated heterocycles. The fraction of sp³-hybridized carbons (Fsp3) is 0.562. The summed E-state index contributed by atoms with van der Waals surface area (Å²) in [4.78, 5) is 0. The summed E-state index contributed by atoms with van der Waals surface area (Å²) in [6, 6.07) is 9.15. The highest BCUT2D eigenvalue weighted by molar-refractivity contribution is 5.53. The van der Waals surface area contributed by atoms with Crippen molar-refractivity contribution in [1.29, 1.82) is 0 Å². The monoisotopic (exact) mass is 508 g/mol. The van der Waals surface area contributed by atoms with Gasteiger partial charge in [0.1, 0.15) is 30.8 Å². The minimum atomic E-state index is -0.733. The number of aryl methyl sites for hydroxylation is 4. The first-order chi connectivity index (χ1) is 17.7. The summed E-state index contributed by atoms with van der Waals surface area (Å²) in [6.07, 6.45) is 10.3. The molecule has 3 rings (SSSR count). The highest BCUT2D eigenvalue weighted by Gasteiger charge is 2.37. The van der Waals surface area contributed by atoms with E-state index in [-0.39, 0.29) is 37.8 Å². The van der Waals surface area contributed by atoms with Gasteiger partial charge in [-0.2, -0.15) is 0 Å². The minimum Gasteiger partial charge on any atom is -0.493 e. The van der Waals surface area contributed by atoms with E-state index in [0.717, 1.165) is 46.6 Å². The van der Waals surface area contributed by atoms with Crippen molar-refractivity contribution in [3.63, 3.8) is 0 Å². The van der Waals surface area contributed by atoms with Gasteiger partial charge in [-0.3, -0.25) is 0 Å². The first-order valence-electron chi connectivity index (χ1n) is 13.5. The van der Waals surface area contributed by atoms with Crippen LogP contribution in [-0.2, 0) is 10.2 Å². The van der Waals surface area contributed by atoms with Crippen LogP contribution in [-0.4, -0.2) is 49.4 Å². The van der Waals surface area contributed by atoms with E-state index in [0.29, 0.717) is 6.61 Å². The Kier molecular flexibility index (Phi) is 10.5. The second-order valence-corrected chi connectivity index (χ2v) is 10.8. The smallest absolute Gasteiger partial charge is 0.125 e. The first-order valence-corrected chi connectivity index (χ1v) is 13.5. The summed E-state index contributed by atoms with van der Waals surface area (Å²) >= 11 is 0. The van der Waals surface area contributed by atoms with Gasteiger partial charge in [-0.05, 0) is 73.9 Å². The highest BCUT2D eigenvalue weighted by atomic mass is 16.5. The van der Waals surface area contributed by atoms with Crippen LogP contribution in [0.15, 0.2) is 24.3 Å². The van der Waals surface area contributed by atoms with Crippen LogP contribution in [0, 0.1) is 46.0 Å². The van der Waals surface area contributed by atoms with Crippen molar-refractivity contribution in [2.75, 3.05) is 33.0 Å². The van der Waals surface area contributed by atoms with E-state index in [9.17, 15) is 10.2 Å². The Morgan fingerprint density at radius 2 is 1.32 bits per heavy atom. The van der Waals surface area contributed by atoms with Crippen molar-refractivity contribution in [2.24, 2.45) is 5.92 Å². The second kappa shape index (κ2) is 13.3. The van der Waals surface area contributed by atoms with Crippen LogP contribution in [0.4, 0.5) is 0 Å². The number of aliphatic hydroxyl groups is 2. The van der Waals surface area contributed by atoms with Gasteiger partial charge >= 0.3 is 0 Å². The molecule has 1 fully saturated rings. The topological polar surface area (TPSA) is 68.2 Å². The molecular formula is C32H44O5. The lowest BCUT2D eigenvalue weighted by Crippen LogP contribution is -2.31. The van der Waals surface area contributed by atoms with Crippen molar-refractivity contribution >= 4 is 0 Å². The number of ether oxygens (including phenoxy) is 3. The van der Waals surface area contributed by atoms with Crippen LogP contribution in [0.1, 0.15) is 72.4 Å². The summed E-state index contributed by atoms with van der Waals surface area (Å²) in [5.41, 5.74) is 7.04. The van der Waals surface area contributed by atoms with Gasteiger partial charge in [0.15, 0.2) is 0 Å². The number of rotatable bonds is 12. The molecule has 2 atom stereocenters. The molecule has 1 aliphatic carbocycles. The van der Waals surface area contributed by atoms with Crippen molar-refractivity contribution < 1.29 is 24.4 Å². The van der Waals surface area contributed by atoms with Crippen molar-refractivity contribution in [3.8, 4) is 23.8 Å². The van der Waals surface area contributed by atoms with Crippen LogP contribution in [0.5, 0.6) is 11.5 Å². The van der Waals surface area contributed by atoms with E-state index >= 15 is 0 Å². The summed E-state index contributed by atoms with van der Waals surface area (Å²) in [5.74, 6) is 4.25. The lowest BCUT2D eigenvalue weighted by atomic mass is 9.64. The van der Waals surface area contributed by atoms with E-state index in [4.69, 9.17) is 20.6 Å². The molecule has 0 radical (unpaired) electrons. The summed E-state index contributed by atoms with van der Waals surface area (Å²) < 4.78 is 17.4. The molecule has 2 unspecified atom stereocenters. The second-order valence-electron chi connectivity index (χ2n) is 10.8. The zero-order valence-corrected chi connectivity index (χ0v) is 23.2. The maximum atomic E-state index is 10.2. The van der Waals surface area contributed by atoms with Crippen molar-refractivity contribution in [2.45, 2.75) is 78.2 Å². The maximum absolute atomic E-state index is 10.2. The molecule has 0 heterocycles. The van der Waals surface area contributed by atoms with Crippen LogP contribution in [0.3, 0.4) is 0 Å². The molecule has 5 nitrogen and oxygen atoms in total. The maximum Gasteiger partial charge on any atom is 0.125 e. The van der Waals surface area contributed by atoms with E-state index in [1.54, 1.807) is 0 Å². The summed E-state index contributed by atoms with van der Waals surface area (Å²) in [5, 5.41) is 19.6. The lowest BCUT2D eigenvalue weighted by Gasteiger charge is -2.40. The average Bonchev–Trinajstić information content (AvgIpc) is 2.87. The zero-order valence-electron chi connectivity index (χ0n) is 23.2. The number of benzene rings is 2. The molecule has 2 aromatic rings. The quantitative estimate of drug-likeness (QED) is 0.290. The average molecular weight is 509 g/mol. The standard InChI is InChI=1S/C32H44O5/c1-7-13-35-20-29(34)21-37-31-25(5)16-28(17-26(31)6)32(11-9-8-10-12-32)27-14-23(3)30(24(4)15-27)36-19-22(2)18-33/h1,14-17,22,29,33-34H,8-13,18-21H2,2-6H3. The van der Waals surface area contributed by atoms with Crippen LogP contribution < -0.4 is 9.47 Å². The van der Waals surface area contributed by atoms with Gasteiger partial charge in [0.2, 0.25) is 0 Å². The Morgan fingerprint density at radius 1 is 0.838 bits per heavy atom. The summed E-state index contributed by atoms with van der Waals surface area (Å²) in [7, 11) is 0. The fourth-order valence-electron chi connectivity index (χ4n) is 5.57. The lowest BCUT2D eigenvalue weighted by molar-refractivity contribution is 0.0226. The molecule has 1 saturated carbocycles. The Hall–Kier alpha value is -2.52. The number of hydrogen-bond acceptors (Lipinski definition) is 5. The van der Waals surface area contributed by atoms with Crippen LogP contribution >= 0.6 is 0 Å². The van der Waals surface area contributed by atoms with E-state index in [1.165, 1.54) is 30.4 Å². The molecule has 5 heteroatoms. The number of hydrogen-bond donors (Lipinski definition) is 2. The zero-order chi connectivity index (χ0) is 27.0. The molecule has 37 heavy (non-hydrogen) atoms. The first kappa shape index (κ1) is 29.0. The molecule has 1 aliphatic rings. The molecule has 0 bridgehead atoms. The third-order valence-electron chi connectivity index (χ3n) is 7.47. The number of terminal acetylenes is 1. The third kappa shape index (κ3) is 7.08. The Bertz CT molecular complexity index is 1030. The van der Waals surface area contributed by atoms with Gasteiger partial charge in [0, 0.05) is 17.9 Å². The Balaban J connectivity index is 1.90. The number of aliphatic hydroxyl groups excluding tert-OH is 2. The van der Waals surface area contributed by atoms with Gasteiger partial charge in [-0.25, -0.2) is 0 Å². The van der Waals surface area contributed by atoms with E-state index in [2.05, 4.69) is 57.9 Å². The molecule has 0 aromatic heterocycles. The van der Waals surface area contributed by atoms with Gasteiger partial charge in [0.25, 0.3) is 0 Å². The van der Waals surface area contributed by atoms with Crippen molar-refractivity contribution in [3.05, 3.63) is 57.6 Å². The van der Waals surface area contributed by atoms with Gasteiger partial charge < -0.3 is 24.4 Å². The van der Waals surface area contributed by atoms with E-state index < -0.39 is 6.10 Å². The van der Waals surface area contributed by atoms with Crippen LogP contribution in [0.25, 0.3) is 0 Å². The highest BCUT2D eigenvalue weighted by Crippen LogP contribution is 2.47. The van der Waals surface area contributed by atoms with Gasteiger partial charge in [0.05, 0.1) is 13.2 Å². The predicted octanol–water partition coefficient (Wildman–Crippen LogP) is 5.57. The van der Waals surface area contributed by atoms with Gasteiger partial charge in [-0.1, -0.05) is 56.4 Å². The molecule has 202 valence electrons. The SMILES string of the molecule is C#CCOCC(O)COc1c(C)cc(C2(c3cc(C)c(OCC(C)CO)c(C)c3)CCCCC2)cc1C. The van der Waals surface area contributed by atoms with E-state index in [1.807, 2.05) is 6.92 Å². The third-order valence-corrected chi connectivity index (χ3v) is 7.47. The Morgan fingerprint density at radius 3 is 1.78 bits per heavy atom. The van der Waals surface area contributed by atoms with Crippen molar-refractivity contribution in [1.82, 2.24) is 0 Å². The predicted molar refractivity (Wildman–Crippen MR) is 149 cm³/mol. The Labute approximate surface area is 223 Å². The molecule has 2 N–H and O–H groups in total. The largest absolute Gasteiger partial charge is 0.493 e. The summed E-state index contributed by atoms with van der Waals surface area (Å²) in [6.45, 7) is 11.5.